The number of halogens is 1. The molecule has 0 spiro atoms. The highest BCUT2D eigenvalue weighted by molar-refractivity contribution is 7.89. The van der Waals surface area contributed by atoms with E-state index in [0.29, 0.717) is 19.0 Å². The van der Waals surface area contributed by atoms with Crippen molar-refractivity contribution in [2.24, 2.45) is 11.8 Å². The number of nitro benzene ring substituents is 1. The van der Waals surface area contributed by atoms with E-state index in [2.05, 4.69) is 6.92 Å². The Morgan fingerprint density at radius 2 is 1.78 bits per heavy atom. The summed E-state index contributed by atoms with van der Waals surface area (Å²) in [6.07, 6.45) is 2.31. The molecule has 1 aromatic rings. The van der Waals surface area contributed by atoms with E-state index < -0.39 is 26.8 Å². The van der Waals surface area contributed by atoms with Gasteiger partial charge in [0.25, 0.3) is 11.6 Å². The molecule has 2 fully saturated rings. The van der Waals surface area contributed by atoms with Gasteiger partial charge >= 0.3 is 5.97 Å². The summed E-state index contributed by atoms with van der Waals surface area (Å²) in [7, 11) is -4.06. The Labute approximate surface area is 191 Å². The van der Waals surface area contributed by atoms with Crippen molar-refractivity contribution in [3.05, 3.63) is 33.3 Å². The number of non-ortho nitro benzene ring substituents is 1. The first-order valence-electron chi connectivity index (χ1n) is 10.5. The molecule has 12 heteroatoms. The number of sulfonamides is 1. The second kappa shape index (κ2) is 10.1. The van der Waals surface area contributed by atoms with Crippen molar-refractivity contribution in [1.82, 2.24) is 9.21 Å². The number of benzene rings is 1. The van der Waals surface area contributed by atoms with E-state index in [9.17, 15) is 28.1 Å². The molecule has 0 unspecified atom stereocenters. The average Bonchev–Trinajstić information content (AvgIpc) is 2.77. The van der Waals surface area contributed by atoms with Crippen molar-refractivity contribution in [3.8, 4) is 0 Å². The summed E-state index contributed by atoms with van der Waals surface area (Å²) in [5.41, 5.74) is -0.376. The van der Waals surface area contributed by atoms with Crippen LogP contribution in [0.1, 0.15) is 32.6 Å². The van der Waals surface area contributed by atoms with Crippen LogP contribution >= 0.6 is 11.6 Å². The second-order valence-corrected chi connectivity index (χ2v) is 10.5. The number of carbonyl (C=O) groups excluding carboxylic acids is 2. The molecule has 2 saturated heterocycles. The fourth-order valence-corrected chi connectivity index (χ4v) is 5.84. The van der Waals surface area contributed by atoms with Crippen molar-refractivity contribution < 1.29 is 27.7 Å². The van der Waals surface area contributed by atoms with Gasteiger partial charge in [0.2, 0.25) is 10.0 Å². The van der Waals surface area contributed by atoms with Crippen LogP contribution in [0.5, 0.6) is 0 Å². The van der Waals surface area contributed by atoms with Crippen molar-refractivity contribution in [2.75, 3.05) is 32.8 Å². The fraction of sp³-hybridized carbons (Fsp3) is 0.600. The van der Waals surface area contributed by atoms with Gasteiger partial charge in [-0.3, -0.25) is 19.7 Å². The maximum atomic E-state index is 12.9. The molecular weight excluding hydrogens is 462 g/mol. The zero-order valence-corrected chi connectivity index (χ0v) is 19.3. The molecule has 0 aromatic heterocycles. The monoisotopic (exact) mass is 487 g/mol. The molecule has 2 aliphatic rings. The number of hydrogen-bond acceptors (Lipinski definition) is 7. The molecule has 0 N–H and O–H groups in total. The third-order valence-corrected chi connectivity index (χ3v) is 8.39. The minimum Gasteiger partial charge on any atom is -0.455 e. The van der Waals surface area contributed by atoms with Gasteiger partial charge in [-0.15, -0.1) is 0 Å². The number of nitro groups is 1. The highest BCUT2D eigenvalue weighted by Gasteiger charge is 2.35. The number of nitrogens with zero attached hydrogens (tertiary/aromatic N) is 3. The molecule has 0 aliphatic carbocycles. The van der Waals surface area contributed by atoms with Crippen LogP contribution in [0.15, 0.2) is 23.1 Å². The number of amides is 1. The molecule has 1 aromatic carbocycles. The van der Waals surface area contributed by atoms with Gasteiger partial charge in [-0.1, -0.05) is 18.5 Å². The van der Waals surface area contributed by atoms with E-state index >= 15 is 0 Å². The maximum Gasteiger partial charge on any atom is 0.309 e. The molecule has 1 amide bonds. The Bertz CT molecular complexity index is 985. The van der Waals surface area contributed by atoms with Crippen molar-refractivity contribution in [1.29, 1.82) is 0 Å². The molecule has 176 valence electrons. The SMILES string of the molecule is CC1CCN(C(=O)COC(=O)C2CCN(S(=O)(=O)c3cc([N+](=O)[O-])ccc3Cl)CC2)CC1. The minimum atomic E-state index is -4.06. The number of ether oxygens (including phenoxy) is 1. The zero-order valence-electron chi connectivity index (χ0n) is 17.7. The van der Waals surface area contributed by atoms with Crippen LogP contribution in [0.4, 0.5) is 5.69 Å². The van der Waals surface area contributed by atoms with Crippen LogP contribution in [0.25, 0.3) is 0 Å². The van der Waals surface area contributed by atoms with Crippen LogP contribution in [0.3, 0.4) is 0 Å². The molecule has 0 radical (unpaired) electrons. The molecule has 0 saturated carbocycles. The molecule has 2 aliphatic heterocycles. The maximum absolute atomic E-state index is 12.9. The van der Waals surface area contributed by atoms with Gasteiger partial charge in [0.05, 0.1) is 15.9 Å². The smallest absolute Gasteiger partial charge is 0.309 e. The lowest BCUT2D eigenvalue weighted by Crippen LogP contribution is -2.42. The number of esters is 1. The molecule has 32 heavy (non-hydrogen) atoms. The Hall–Kier alpha value is -2.24. The van der Waals surface area contributed by atoms with Gasteiger partial charge in [0.15, 0.2) is 6.61 Å². The number of piperidine rings is 2. The highest BCUT2D eigenvalue weighted by Crippen LogP contribution is 2.31. The van der Waals surface area contributed by atoms with Crippen LogP contribution in [0, 0.1) is 22.0 Å². The molecule has 3 rings (SSSR count). The summed E-state index contributed by atoms with van der Waals surface area (Å²) in [6, 6.07) is 3.25. The Kier molecular flexibility index (Phi) is 7.73. The van der Waals surface area contributed by atoms with E-state index in [4.69, 9.17) is 16.3 Å². The number of rotatable bonds is 6. The van der Waals surface area contributed by atoms with E-state index in [0.717, 1.165) is 29.3 Å². The van der Waals surface area contributed by atoms with Crippen molar-refractivity contribution in [2.45, 2.75) is 37.5 Å². The van der Waals surface area contributed by atoms with Gasteiger partial charge in [-0.2, -0.15) is 4.31 Å². The molecular formula is C20H26ClN3O7S. The lowest BCUT2D eigenvalue weighted by molar-refractivity contribution is -0.385. The predicted molar refractivity (Wildman–Crippen MR) is 116 cm³/mol. The zero-order chi connectivity index (χ0) is 23.5. The quantitative estimate of drug-likeness (QED) is 0.342. The van der Waals surface area contributed by atoms with Gasteiger partial charge in [-0.25, -0.2) is 8.42 Å². The summed E-state index contributed by atoms with van der Waals surface area (Å²) >= 11 is 5.99. The van der Waals surface area contributed by atoms with Gasteiger partial charge in [-0.05, 0) is 37.7 Å². The second-order valence-electron chi connectivity index (χ2n) is 8.22. The Morgan fingerprint density at radius 3 is 2.38 bits per heavy atom. The first-order valence-corrected chi connectivity index (χ1v) is 12.3. The molecule has 2 heterocycles. The molecule has 10 nitrogen and oxygen atoms in total. The first kappa shape index (κ1) is 24.4. The summed E-state index contributed by atoms with van der Waals surface area (Å²) < 4.78 is 32.2. The Morgan fingerprint density at radius 1 is 1.16 bits per heavy atom. The third kappa shape index (κ3) is 5.57. The van der Waals surface area contributed by atoms with Gasteiger partial charge in [0, 0.05) is 38.3 Å². The van der Waals surface area contributed by atoms with Crippen molar-refractivity contribution >= 4 is 39.2 Å². The standard InChI is InChI=1S/C20H26ClN3O7S/c1-14-4-8-22(9-5-14)19(25)13-31-20(26)15-6-10-23(11-7-15)32(29,30)18-12-16(24(27)28)2-3-17(18)21/h2-3,12,14-15H,4-11,13H2,1H3. The van der Waals surface area contributed by atoms with Crippen molar-refractivity contribution in [3.63, 3.8) is 0 Å². The fourth-order valence-electron chi connectivity index (χ4n) is 3.87. The van der Waals surface area contributed by atoms with E-state index in [-0.39, 0.29) is 54.1 Å². The summed E-state index contributed by atoms with van der Waals surface area (Å²) in [5, 5.41) is 10.9. The minimum absolute atomic E-state index is 0.0408. The predicted octanol–water partition coefficient (Wildman–Crippen LogP) is 2.45. The number of carbonyl (C=O) groups is 2. The average molecular weight is 488 g/mol. The summed E-state index contributed by atoms with van der Waals surface area (Å²) in [6.45, 7) is 3.23. The summed E-state index contributed by atoms with van der Waals surface area (Å²) in [4.78, 5) is 36.3. The lowest BCUT2D eigenvalue weighted by Gasteiger charge is -2.31. The van der Waals surface area contributed by atoms with E-state index in [1.807, 2.05) is 0 Å². The van der Waals surface area contributed by atoms with E-state index in [1.54, 1.807) is 4.90 Å². The van der Waals surface area contributed by atoms with Gasteiger partial charge in [0.1, 0.15) is 4.90 Å². The first-order chi connectivity index (χ1) is 15.1. The highest BCUT2D eigenvalue weighted by atomic mass is 35.5. The summed E-state index contributed by atoms with van der Waals surface area (Å²) in [5.74, 6) is -0.670. The number of hydrogen-bond donors (Lipinski definition) is 0. The largest absolute Gasteiger partial charge is 0.455 e. The van der Waals surface area contributed by atoms with E-state index in [1.165, 1.54) is 6.07 Å². The van der Waals surface area contributed by atoms with Gasteiger partial charge < -0.3 is 9.64 Å². The normalized spacial score (nSPS) is 19.0. The van der Waals surface area contributed by atoms with Crippen LogP contribution in [0.2, 0.25) is 5.02 Å². The number of likely N-dealkylation sites (tertiary alicyclic amines) is 1. The van der Waals surface area contributed by atoms with Crippen LogP contribution < -0.4 is 0 Å². The topological polar surface area (TPSA) is 127 Å². The van der Waals surface area contributed by atoms with Crippen LogP contribution in [-0.2, 0) is 24.3 Å². The third-order valence-electron chi connectivity index (χ3n) is 6.00. The molecule has 0 bridgehead atoms. The molecule has 0 atom stereocenters. The van der Waals surface area contributed by atoms with Crippen LogP contribution in [-0.4, -0.2) is 67.2 Å². The lowest BCUT2D eigenvalue weighted by atomic mass is 9.98. The Balaban J connectivity index is 1.54.